The van der Waals surface area contributed by atoms with Crippen LogP contribution in [0.2, 0.25) is 5.02 Å². The van der Waals surface area contributed by atoms with E-state index >= 15 is 0 Å². The monoisotopic (exact) mass is 323 g/mol. The summed E-state index contributed by atoms with van der Waals surface area (Å²) in [6, 6.07) is 14.7. The van der Waals surface area contributed by atoms with Gasteiger partial charge in [0.1, 0.15) is 0 Å². The average Bonchev–Trinajstić information content (AvgIpc) is 2.35. The molecule has 2 rings (SSSR count). The number of halogens is 2. The van der Waals surface area contributed by atoms with Gasteiger partial charge in [-0.25, -0.2) is 0 Å². The van der Waals surface area contributed by atoms with E-state index in [1.807, 2.05) is 24.3 Å². The summed E-state index contributed by atoms with van der Waals surface area (Å²) in [6.07, 6.45) is 0.337. The van der Waals surface area contributed by atoms with Crippen LogP contribution in [0, 0.1) is 0 Å². The van der Waals surface area contributed by atoms with Gasteiger partial charge in [-0.15, -0.1) is 0 Å². The first kappa shape index (κ1) is 13.1. The fraction of sp³-hybridized carbons (Fsp3) is 0.0714. The Morgan fingerprint density at radius 1 is 1.11 bits per heavy atom. The van der Waals surface area contributed by atoms with Crippen molar-refractivity contribution in [2.75, 3.05) is 5.32 Å². The number of carbonyl (C=O) groups excluding carboxylic acids is 1. The van der Waals surface area contributed by atoms with Crippen LogP contribution in [0.1, 0.15) is 5.56 Å². The van der Waals surface area contributed by atoms with Crippen molar-refractivity contribution in [3.63, 3.8) is 0 Å². The third-order valence-corrected chi connectivity index (χ3v) is 3.46. The molecule has 0 aromatic heterocycles. The smallest absolute Gasteiger partial charge is 0.228 e. The molecule has 1 amide bonds. The summed E-state index contributed by atoms with van der Waals surface area (Å²) in [5.74, 6) is -0.0516. The van der Waals surface area contributed by atoms with Crippen LogP contribution in [-0.4, -0.2) is 5.91 Å². The molecule has 0 bridgehead atoms. The van der Waals surface area contributed by atoms with Crippen LogP contribution in [0.4, 0.5) is 5.69 Å². The van der Waals surface area contributed by atoms with Crippen LogP contribution < -0.4 is 5.32 Å². The first-order valence-electron chi connectivity index (χ1n) is 5.44. The summed E-state index contributed by atoms with van der Waals surface area (Å²) in [5.41, 5.74) is 1.71. The molecular formula is C14H11BrClNO. The van der Waals surface area contributed by atoms with Crippen LogP contribution in [0.25, 0.3) is 0 Å². The number of hydrogen-bond acceptors (Lipinski definition) is 1. The minimum absolute atomic E-state index is 0.0516. The molecule has 2 nitrogen and oxygen atoms in total. The number of nitrogens with one attached hydrogen (secondary N) is 1. The Hall–Kier alpha value is -1.32. The molecule has 0 radical (unpaired) electrons. The number of anilines is 1. The van der Waals surface area contributed by atoms with Gasteiger partial charge in [0, 0.05) is 15.2 Å². The predicted molar refractivity (Wildman–Crippen MR) is 77.9 cm³/mol. The molecule has 0 aliphatic heterocycles. The minimum Gasteiger partial charge on any atom is -0.326 e. The van der Waals surface area contributed by atoms with E-state index in [1.165, 1.54) is 0 Å². The zero-order valence-electron chi connectivity index (χ0n) is 9.49. The number of carbonyl (C=O) groups is 1. The summed E-state index contributed by atoms with van der Waals surface area (Å²) in [6.45, 7) is 0. The van der Waals surface area contributed by atoms with Gasteiger partial charge in [-0.2, -0.15) is 0 Å². The van der Waals surface area contributed by atoms with Crippen LogP contribution >= 0.6 is 27.5 Å². The van der Waals surface area contributed by atoms with E-state index in [4.69, 9.17) is 11.6 Å². The average molecular weight is 325 g/mol. The number of hydrogen-bond donors (Lipinski definition) is 1. The lowest BCUT2D eigenvalue weighted by molar-refractivity contribution is -0.115. The summed E-state index contributed by atoms with van der Waals surface area (Å²) in [4.78, 5) is 11.9. The molecule has 0 atom stereocenters. The Morgan fingerprint density at radius 3 is 2.44 bits per heavy atom. The fourth-order valence-electron chi connectivity index (χ4n) is 1.55. The molecule has 0 fully saturated rings. The van der Waals surface area contributed by atoms with Gasteiger partial charge in [-0.05, 0) is 35.9 Å². The van der Waals surface area contributed by atoms with E-state index in [1.54, 1.807) is 24.3 Å². The van der Waals surface area contributed by atoms with Crippen molar-refractivity contribution in [3.05, 3.63) is 63.6 Å². The quantitative estimate of drug-likeness (QED) is 0.897. The van der Waals surface area contributed by atoms with E-state index in [-0.39, 0.29) is 5.91 Å². The van der Waals surface area contributed by atoms with E-state index in [2.05, 4.69) is 21.2 Å². The normalized spacial score (nSPS) is 10.1. The van der Waals surface area contributed by atoms with Gasteiger partial charge in [-0.1, -0.05) is 45.7 Å². The van der Waals surface area contributed by atoms with Crippen LogP contribution in [0.3, 0.4) is 0 Å². The standard InChI is InChI=1S/C14H11BrClNO/c15-13-4-2-1-3-10(13)9-14(18)17-12-7-5-11(16)6-8-12/h1-8H,9H2,(H,17,18). The van der Waals surface area contributed by atoms with Crippen molar-refractivity contribution >= 4 is 39.1 Å². The lowest BCUT2D eigenvalue weighted by Gasteiger charge is -2.06. The first-order chi connectivity index (χ1) is 8.65. The molecular weight excluding hydrogens is 314 g/mol. The predicted octanol–water partition coefficient (Wildman–Crippen LogP) is 4.28. The van der Waals surface area contributed by atoms with Crippen molar-refractivity contribution in [1.82, 2.24) is 0 Å². The molecule has 0 spiro atoms. The highest BCUT2D eigenvalue weighted by molar-refractivity contribution is 9.10. The summed E-state index contributed by atoms with van der Waals surface area (Å²) in [7, 11) is 0. The highest BCUT2D eigenvalue weighted by atomic mass is 79.9. The van der Waals surface area contributed by atoms with Crippen molar-refractivity contribution in [1.29, 1.82) is 0 Å². The molecule has 92 valence electrons. The number of rotatable bonds is 3. The van der Waals surface area contributed by atoms with Crippen LogP contribution in [0.15, 0.2) is 53.0 Å². The van der Waals surface area contributed by atoms with E-state index in [9.17, 15) is 4.79 Å². The van der Waals surface area contributed by atoms with Crippen LogP contribution in [0.5, 0.6) is 0 Å². The Bertz CT molecular complexity index is 554. The molecule has 1 N–H and O–H groups in total. The lowest BCUT2D eigenvalue weighted by Crippen LogP contribution is -2.14. The zero-order chi connectivity index (χ0) is 13.0. The number of benzene rings is 2. The zero-order valence-corrected chi connectivity index (χ0v) is 11.8. The van der Waals surface area contributed by atoms with Gasteiger partial charge < -0.3 is 5.32 Å². The molecule has 2 aromatic carbocycles. The second-order valence-corrected chi connectivity index (χ2v) is 5.11. The van der Waals surface area contributed by atoms with Gasteiger partial charge >= 0.3 is 0 Å². The maximum atomic E-state index is 11.9. The lowest BCUT2D eigenvalue weighted by atomic mass is 10.1. The molecule has 2 aromatic rings. The molecule has 0 saturated carbocycles. The SMILES string of the molecule is O=C(Cc1ccccc1Br)Nc1ccc(Cl)cc1. The largest absolute Gasteiger partial charge is 0.326 e. The van der Waals surface area contributed by atoms with Crippen molar-refractivity contribution in [2.45, 2.75) is 6.42 Å². The summed E-state index contributed by atoms with van der Waals surface area (Å²) in [5, 5.41) is 3.48. The van der Waals surface area contributed by atoms with Gasteiger partial charge in [0.15, 0.2) is 0 Å². The fourth-order valence-corrected chi connectivity index (χ4v) is 2.10. The van der Waals surface area contributed by atoms with Gasteiger partial charge in [0.25, 0.3) is 0 Å². The Labute approximate surface area is 119 Å². The first-order valence-corrected chi connectivity index (χ1v) is 6.61. The highest BCUT2D eigenvalue weighted by Crippen LogP contribution is 2.18. The molecule has 0 aliphatic carbocycles. The highest BCUT2D eigenvalue weighted by Gasteiger charge is 2.06. The summed E-state index contributed by atoms with van der Waals surface area (Å²) >= 11 is 9.20. The Balaban J connectivity index is 2.01. The van der Waals surface area contributed by atoms with E-state index in [0.717, 1.165) is 15.7 Å². The maximum Gasteiger partial charge on any atom is 0.228 e. The Kier molecular flexibility index (Phi) is 4.39. The topological polar surface area (TPSA) is 29.1 Å². The van der Waals surface area contributed by atoms with E-state index in [0.29, 0.717) is 11.4 Å². The third-order valence-electron chi connectivity index (χ3n) is 2.44. The molecule has 0 aliphatic rings. The van der Waals surface area contributed by atoms with Crippen molar-refractivity contribution < 1.29 is 4.79 Å². The molecule has 18 heavy (non-hydrogen) atoms. The second kappa shape index (κ2) is 6.03. The molecule has 0 unspecified atom stereocenters. The Morgan fingerprint density at radius 2 is 1.78 bits per heavy atom. The number of amides is 1. The molecule has 4 heteroatoms. The van der Waals surface area contributed by atoms with Gasteiger partial charge in [0.2, 0.25) is 5.91 Å². The van der Waals surface area contributed by atoms with Crippen molar-refractivity contribution in [3.8, 4) is 0 Å². The van der Waals surface area contributed by atoms with Gasteiger partial charge in [0.05, 0.1) is 6.42 Å². The maximum absolute atomic E-state index is 11.9. The van der Waals surface area contributed by atoms with Gasteiger partial charge in [-0.3, -0.25) is 4.79 Å². The third kappa shape index (κ3) is 3.59. The molecule has 0 heterocycles. The second-order valence-electron chi connectivity index (χ2n) is 3.82. The summed E-state index contributed by atoms with van der Waals surface area (Å²) < 4.78 is 0.941. The van der Waals surface area contributed by atoms with Crippen LogP contribution in [-0.2, 0) is 11.2 Å². The minimum atomic E-state index is -0.0516. The van der Waals surface area contributed by atoms with E-state index < -0.39 is 0 Å². The van der Waals surface area contributed by atoms with Crippen molar-refractivity contribution in [2.24, 2.45) is 0 Å². The molecule has 0 saturated heterocycles.